The Morgan fingerprint density at radius 2 is 2.04 bits per heavy atom. The molecule has 0 unspecified atom stereocenters. The van der Waals surface area contributed by atoms with E-state index in [0.717, 1.165) is 67.5 Å². The maximum atomic E-state index is 12.9. The fourth-order valence-corrected chi connectivity index (χ4v) is 6.76. The number of carbonyl (C=O) groups excluding carboxylic acids is 1. The van der Waals surface area contributed by atoms with E-state index in [1.165, 1.54) is 0 Å². The summed E-state index contributed by atoms with van der Waals surface area (Å²) in [5.74, 6) is 1.77. The van der Waals surface area contributed by atoms with E-state index in [9.17, 15) is 10.1 Å². The van der Waals surface area contributed by atoms with Crippen molar-refractivity contribution in [1.82, 2.24) is 14.9 Å². The summed E-state index contributed by atoms with van der Waals surface area (Å²) in [6.45, 7) is 14.4. The predicted molar refractivity (Wildman–Crippen MR) is 187 cm³/mol. The van der Waals surface area contributed by atoms with Crippen LogP contribution < -0.4 is 9.47 Å². The molecule has 2 aliphatic carbocycles. The van der Waals surface area contributed by atoms with Gasteiger partial charge in [-0.05, 0) is 77.4 Å². The number of aliphatic imine (C=N–C) groups is 1. The number of rotatable bonds is 13. The van der Waals surface area contributed by atoms with Crippen LogP contribution in [0.1, 0.15) is 111 Å². The summed E-state index contributed by atoms with van der Waals surface area (Å²) in [7, 11) is 1.65. The predicted octanol–water partition coefficient (Wildman–Crippen LogP) is 8.61. The minimum Gasteiger partial charge on any atom is -0.484 e. The number of allylic oxidation sites excluding steroid dienone is 3. The molecular weight excluding hydrogens is 630 g/mol. The van der Waals surface area contributed by atoms with Crippen molar-refractivity contribution in [3.05, 3.63) is 46.8 Å². The number of ether oxygens (including phenoxy) is 4. The Labute approximate surface area is 291 Å². The molecule has 11 heteroatoms. The van der Waals surface area contributed by atoms with Crippen LogP contribution in [-0.2, 0) is 16.0 Å². The van der Waals surface area contributed by atoms with E-state index in [4.69, 9.17) is 45.5 Å². The first-order chi connectivity index (χ1) is 22.9. The van der Waals surface area contributed by atoms with Crippen molar-refractivity contribution in [1.29, 1.82) is 5.26 Å². The smallest absolute Gasteiger partial charge is 0.410 e. The lowest BCUT2D eigenvalue weighted by Crippen LogP contribution is -2.50. The zero-order valence-electron chi connectivity index (χ0n) is 29.5. The van der Waals surface area contributed by atoms with E-state index in [1.807, 2.05) is 27.7 Å². The Balaban J connectivity index is 1.58. The highest BCUT2D eigenvalue weighted by molar-refractivity contribution is 6.30. The second kappa shape index (κ2) is 16.7. The number of hydrogen-bond acceptors (Lipinski definition) is 9. The van der Waals surface area contributed by atoms with Crippen LogP contribution in [0, 0.1) is 16.7 Å². The van der Waals surface area contributed by atoms with E-state index in [2.05, 4.69) is 31.7 Å². The van der Waals surface area contributed by atoms with Gasteiger partial charge in [0.2, 0.25) is 11.8 Å². The number of nitrogens with zero attached hydrogens (tertiary/aromatic N) is 5. The zero-order valence-corrected chi connectivity index (χ0v) is 30.3. The lowest BCUT2D eigenvalue weighted by Gasteiger charge is -2.43. The molecule has 1 saturated carbocycles. The largest absolute Gasteiger partial charge is 0.484 e. The van der Waals surface area contributed by atoms with Gasteiger partial charge in [-0.2, -0.15) is 15.2 Å². The van der Waals surface area contributed by atoms with Crippen LogP contribution >= 0.6 is 11.6 Å². The van der Waals surface area contributed by atoms with Gasteiger partial charge in [0.05, 0.1) is 37.1 Å². The number of halogens is 1. The minimum absolute atomic E-state index is 0.159. The molecule has 1 amide bonds. The van der Waals surface area contributed by atoms with Crippen molar-refractivity contribution in [2.45, 2.75) is 136 Å². The number of unbranched alkanes of at least 4 members (excludes halogenated alkanes) is 1. The van der Waals surface area contributed by atoms with E-state index < -0.39 is 11.7 Å². The Morgan fingerprint density at radius 3 is 2.67 bits per heavy atom. The van der Waals surface area contributed by atoms with Gasteiger partial charge >= 0.3 is 6.09 Å². The third kappa shape index (κ3) is 9.52. The Morgan fingerprint density at radius 1 is 1.29 bits per heavy atom. The fourth-order valence-electron chi connectivity index (χ4n) is 6.40. The molecule has 0 bridgehead atoms. The second-order valence-electron chi connectivity index (χ2n) is 14.0. The number of amides is 1. The van der Waals surface area contributed by atoms with Gasteiger partial charge in [0, 0.05) is 24.4 Å². The quantitative estimate of drug-likeness (QED) is 0.115. The molecule has 4 rings (SSSR count). The Kier molecular flexibility index (Phi) is 12.9. The van der Waals surface area contributed by atoms with Gasteiger partial charge in [0.1, 0.15) is 24.4 Å². The fraction of sp³-hybridized carbons (Fsp3) is 0.649. The lowest BCUT2D eigenvalue weighted by molar-refractivity contribution is -0.00384. The van der Waals surface area contributed by atoms with Crippen LogP contribution in [0.4, 0.5) is 4.79 Å². The SMILES string of the molecule is C=C(CCCC)[C@H](C)Oc1cc(O[C@H]2CCN(C(=O)OC(C)(C)C)[C@H](CC#N)C2)nc(CN=C(OC)C2(C3=C(Cl)CCC=C3)CCC2)n1. The maximum absolute atomic E-state index is 12.9. The molecule has 0 spiro atoms. The number of likely N-dealkylation sites (tertiary alicyclic amines) is 1. The lowest BCUT2D eigenvalue weighted by atomic mass is 9.62. The van der Waals surface area contributed by atoms with Gasteiger partial charge in [-0.3, -0.25) is 0 Å². The number of hydrogen-bond donors (Lipinski definition) is 0. The second-order valence-corrected chi connectivity index (χ2v) is 14.4. The Hall–Kier alpha value is -3.58. The summed E-state index contributed by atoms with van der Waals surface area (Å²) in [4.78, 5) is 28.9. The van der Waals surface area contributed by atoms with E-state index in [1.54, 1.807) is 18.1 Å². The van der Waals surface area contributed by atoms with Crippen molar-refractivity contribution in [2.24, 2.45) is 10.4 Å². The number of piperidine rings is 1. The Bertz CT molecular complexity index is 1440. The van der Waals surface area contributed by atoms with Crippen molar-refractivity contribution in [3.63, 3.8) is 0 Å². The molecule has 0 N–H and O–H groups in total. The van der Waals surface area contributed by atoms with Crippen molar-refractivity contribution >= 4 is 23.6 Å². The summed E-state index contributed by atoms with van der Waals surface area (Å²) in [5, 5.41) is 10.4. The van der Waals surface area contributed by atoms with Crippen LogP contribution in [-0.4, -0.2) is 64.4 Å². The van der Waals surface area contributed by atoms with Gasteiger partial charge < -0.3 is 23.8 Å². The third-order valence-electron chi connectivity index (χ3n) is 9.16. The molecular formula is C37H52ClN5O5. The van der Waals surface area contributed by atoms with E-state index in [0.29, 0.717) is 42.9 Å². The van der Waals surface area contributed by atoms with Crippen LogP contribution in [0.2, 0.25) is 0 Å². The highest BCUT2D eigenvalue weighted by Crippen LogP contribution is 2.52. The first kappa shape index (κ1) is 37.2. The summed E-state index contributed by atoms with van der Waals surface area (Å²) in [6.07, 6.45) is 12.1. The van der Waals surface area contributed by atoms with Crippen molar-refractivity contribution < 1.29 is 23.7 Å². The first-order valence-electron chi connectivity index (χ1n) is 17.3. The van der Waals surface area contributed by atoms with Gasteiger partial charge in [-0.15, -0.1) is 0 Å². The maximum Gasteiger partial charge on any atom is 0.410 e. The van der Waals surface area contributed by atoms with E-state index in [-0.39, 0.29) is 36.6 Å². The molecule has 2 heterocycles. The summed E-state index contributed by atoms with van der Waals surface area (Å²) < 4.78 is 24.2. The number of carbonyl (C=O) groups is 1. The topological polar surface area (TPSA) is 119 Å². The number of aromatic nitrogens is 2. The average Bonchev–Trinajstić information content (AvgIpc) is 3.01. The van der Waals surface area contributed by atoms with Gasteiger partial charge in [-0.25, -0.2) is 9.79 Å². The molecule has 0 aromatic carbocycles. The van der Waals surface area contributed by atoms with Gasteiger partial charge in [-0.1, -0.05) is 50.1 Å². The molecule has 48 heavy (non-hydrogen) atoms. The molecule has 262 valence electrons. The molecule has 1 saturated heterocycles. The molecule has 0 radical (unpaired) electrons. The van der Waals surface area contributed by atoms with E-state index >= 15 is 0 Å². The van der Waals surface area contributed by atoms with Gasteiger partial charge in [0.15, 0.2) is 11.7 Å². The third-order valence-corrected chi connectivity index (χ3v) is 9.55. The highest BCUT2D eigenvalue weighted by Gasteiger charge is 2.47. The number of methoxy groups -OCH3 is 1. The summed E-state index contributed by atoms with van der Waals surface area (Å²) in [6, 6.07) is 3.56. The molecule has 3 atom stereocenters. The number of nitriles is 1. The normalized spacial score (nSPS) is 21.5. The molecule has 1 aliphatic heterocycles. The summed E-state index contributed by atoms with van der Waals surface area (Å²) >= 11 is 6.73. The summed E-state index contributed by atoms with van der Waals surface area (Å²) in [5.41, 5.74) is 1.10. The molecule has 10 nitrogen and oxygen atoms in total. The van der Waals surface area contributed by atoms with Crippen LogP contribution in [0.5, 0.6) is 11.8 Å². The van der Waals surface area contributed by atoms with Crippen molar-refractivity contribution in [2.75, 3.05) is 13.7 Å². The minimum atomic E-state index is -0.631. The van der Waals surface area contributed by atoms with Crippen LogP contribution in [0.15, 0.2) is 46.0 Å². The first-order valence-corrected chi connectivity index (χ1v) is 17.7. The molecule has 2 fully saturated rings. The van der Waals surface area contributed by atoms with Crippen LogP contribution in [0.25, 0.3) is 0 Å². The zero-order chi connectivity index (χ0) is 34.9. The molecule has 1 aromatic rings. The molecule has 1 aromatic heterocycles. The monoisotopic (exact) mass is 681 g/mol. The van der Waals surface area contributed by atoms with Crippen LogP contribution in [0.3, 0.4) is 0 Å². The average molecular weight is 682 g/mol. The molecule has 3 aliphatic rings. The van der Waals surface area contributed by atoms with Crippen molar-refractivity contribution in [3.8, 4) is 17.8 Å². The highest BCUT2D eigenvalue weighted by atomic mass is 35.5. The van der Waals surface area contributed by atoms with Gasteiger partial charge in [0.25, 0.3) is 0 Å². The standard InChI is InChI=1S/C37H52ClN5O5/c1-8-9-13-25(2)26(3)46-32-23-33(47-28-17-21-43(27(22-28)16-20-39)35(44)48-36(4,5)6)42-31(41-32)24-40-34(45-7)37(18-12-19-37)29-14-10-11-15-30(29)38/h10,14,23,26-28H,2,8-9,11-13,15-19,21-22,24H2,1,3-7H3/t26-,27+,28-/m0/s1.